The number of aryl methyl sites for hydroxylation is 1. The summed E-state index contributed by atoms with van der Waals surface area (Å²) in [5, 5.41) is 0. The third-order valence-corrected chi connectivity index (χ3v) is 3.39. The minimum atomic E-state index is 0.186. The minimum Gasteiger partial charge on any atom is -0.361 e. The highest BCUT2D eigenvalue weighted by atomic mass is 35.5. The molecule has 0 N–H and O–H groups in total. The predicted molar refractivity (Wildman–Crippen MR) is 67.3 cm³/mol. The third-order valence-electron chi connectivity index (χ3n) is 3.03. The van der Waals surface area contributed by atoms with Gasteiger partial charge < -0.3 is 9.80 Å². The summed E-state index contributed by atoms with van der Waals surface area (Å²) >= 11 is 5.78. The number of amides is 1. The highest BCUT2D eigenvalue weighted by Gasteiger charge is 2.20. The predicted octanol–water partition coefficient (Wildman–Crippen LogP) is 2.23. The van der Waals surface area contributed by atoms with Crippen LogP contribution in [0.5, 0.6) is 0 Å². The Morgan fingerprint density at radius 2 is 2.19 bits per heavy atom. The third kappa shape index (κ3) is 1.87. The molecule has 1 aromatic carbocycles. The molecule has 1 aromatic rings. The molecular formula is C12H15ClN2O. The van der Waals surface area contributed by atoms with Gasteiger partial charge >= 0.3 is 0 Å². The second kappa shape index (κ2) is 4.34. The van der Waals surface area contributed by atoms with Gasteiger partial charge in [-0.25, -0.2) is 0 Å². The van der Waals surface area contributed by atoms with Crippen molar-refractivity contribution in [1.82, 2.24) is 0 Å². The molecule has 1 heterocycles. The van der Waals surface area contributed by atoms with Gasteiger partial charge in [-0.3, -0.25) is 4.79 Å². The second-order valence-corrected chi connectivity index (χ2v) is 4.32. The van der Waals surface area contributed by atoms with Crippen molar-refractivity contribution in [3.63, 3.8) is 0 Å². The number of benzene rings is 1. The number of anilines is 2. The van der Waals surface area contributed by atoms with Crippen molar-refractivity contribution in [2.24, 2.45) is 0 Å². The molecule has 3 nitrogen and oxygen atoms in total. The van der Waals surface area contributed by atoms with Crippen molar-refractivity contribution >= 4 is 28.9 Å². The number of halogens is 1. The summed E-state index contributed by atoms with van der Waals surface area (Å²) in [7, 11) is 3.78. The SMILES string of the molecule is CN(CCl)c1ccc2c(c1)CCC(=O)N2C. The van der Waals surface area contributed by atoms with Crippen LogP contribution in [0.3, 0.4) is 0 Å². The van der Waals surface area contributed by atoms with E-state index in [1.165, 1.54) is 5.56 Å². The van der Waals surface area contributed by atoms with Crippen LogP contribution < -0.4 is 9.80 Å². The molecule has 0 saturated carbocycles. The Bertz CT molecular complexity index is 419. The van der Waals surface area contributed by atoms with Crippen molar-refractivity contribution in [3.05, 3.63) is 23.8 Å². The first-order valence-corrected chi connectivity index (χ1v) is 5.83. The van der Waals surface area contributed by atoms with Crippen LogP contribution in [0.15, 0.2) is 18.2 Å². The lowest BCUT2D eigenvalue weighted by atomic mass is 10.0. The van der Waals surface area contributed by atoms with E-state index in [1.54, 1.807) is 4.90 Å². The van der Waals surface area contributed by atoms with E-state index in [1.807, 2.05) is 31.1 Å². The van der Waals surface area contributed by atoms with Crippen LogP contribution in [0.1, 0.15) is 12.0 Å². The molecule has 1 aliphatic heterocycles. The fourth-order valence-electron chi connectivity index (χ4n) is 1.95. The van der Waals surface area contributed by atoms with Crippen molar-refractivity contribution in [1.29, 1.82) is 0 Å². The lowest BCUT2D eigenvalue weighted by molar-refractivity contribution is -0.118. The number of hydrogen-bond donors (Lipinski definition) is 0. The summed E-state index contributed by atoms with van der Waals surface area (Å²) in [5.74, 6) is 0.186. The quantitative estimate of drug-likeness (QED) is 0.583. The molecule has 86 valence electrons. The highest BCUT2D eigenvalue weighted by molar-refractivity contribution is 6.19. The smallest absolute Gasteiger partial charge is 0.227 e. The second-order valence-electron chi connectivity index (χ2n) is 4.08. The van der Waals surface area contributed by atoms with Gasteiger partial charge in [-0.15, -0.1) is 11.6 Å². The van der Waals surface area contributed by atoms with E-state index in [9.17, 15) is 4.79 Å². The van der Waals surface area contributed by atoms with Gasteiger partial charge in [0.2, 0.25) is 5.91 Å². The Labute approximate surface area is 101 Å². The van der Waals surface area contributed by atoms with E-state index in [-0.39, 0.29) is 5.91 Å². The molecule has 0 atom stereocenters. The maximum atomic E-state index is 11.5. The molecule has 0 fully saturated rings. The molecule has 4 heteroatoms. The van der Waals surface area contributed by atoms with Gasteiger partial charge in [0.15, 0.2) is 0 Å². The number of hydrogen-bond acceptors (Lipinski definition) is 2. The lowest BCUT2D eigenvalue weighted by Crippen LogP contribution is -2.31. The summed E-state index contributed by atoms with van der Waals surface area (Å²) in [5.41, 5.74) is 3.33. The van der Waals surface area contributed by atoms with E-state index in [0.717, 1.165) is 17.8 Å². The Hall–Kier alpha value is -1.22. The van der Waals surface area contributed by atoms with Crippen molar-refractivity contribution in [2.45, 2.75) is 12.8 Å². The van der Waals surface area contributed by atoms with Gasteiger partial charge in [-0.1, -0.05) is 0 Å². The summed E-state index contributed by atoms with van der Waals surface area (Å²) in [4.78, 5) is 15.2. The first-order valence-electron chi connectivity index (χ1n) is 5.30. The Balaban J connectivity index is 2.37. The molecule has 0 radical (unpaired) electrons. The number of alkyl halides is 1. The van der Waals surface area contributed by atoms with Gasteiger partial charge in [0.1, 0.15) is 0 Å². The van der Waals surface area contributed by atoms with Crippen LogP contribution in [0.25, 0.3) is 0 Å². The molecule has 0 bridgehead atoms. The molecular weight excluding hydrogens is 224 g/mol. The van der Waals surface area contributed by atoms with Gasteiger partial charge in [0, 0.05) is 31.9 Å². The summed E-state index contributed by atoms with van der Waals surface area (Å²) < 4.78 is 0. The summed E-state index contributed by atoms with van der Waals surface area (Å²) in [6.45, 7) is 0. The van der Waals surface area contributed by atoms with Gasteiger partial charge in [-0.05, 0) is 30.2 Å². The minimum absolute atomic E-state index is 0.186. The normalized spacial score (nSPS) is 14.9. The van der Waals surface area contributed by atoms with Gasteiger partial charge in [0.05, 0.1) is 6.00 Å². The number of carbonyl (C=O) groups excluding carboxylic acids is 1. The van der Waals surface area contributed by atoms with Crippen LogP contribution in [0, 0.1) is 0 Å². The topological polar surface area (TPSA) is 23.6 Å². The maximum Gasteiger partial charge on any atom is 0.227 e. The molecule has 0 aliphatic carbocycles. The summed E-state index contributed by atoms with van der Waals surface area (Å²) in [6.07, 6.45) is 1.42. The van der Waals surface area contributed by atoms with Crippen molar-refractivity contribution in [2.75, 3.05) is 29.9 Å². The van der Waals surface area contributed by atoms with Crippen molar-refractivity contribution < 1.29 is 4.79 Å². The Kier molecular flexibility index (Phi) is 3.06. The Morgan fingerprint density at radius 1 is 1.44 bits per heavy atom. The lowest BCUT2D eigenvalue weighted by Gasteiger charge is -2.27. The molecule has 0 unspecified atom stereocenters. The fraction of sp³-hybridized carbons (Fsp3) is 0.417. The van der Waals surface area contributed by atoms with E-state index in [4.69, 9.17) is 11.6 Å². The summed E-state index contributed by atoms with van der Waals surface area (Å²) in [6, 6.07) is 6.56. The molecule has 1 amide bonds. The molecule has 0 spiro atoms. The average molecular weight is 239 g/mol. The number of rotatable bonds is 2. The van der Waals surface area contributed by atoms with E-state index in [0.29, 0.717) is 12.4 Å². The largest absolute Gasteiger partial charge is 0.361 e. The van der Waals surface area contributed by atoms with Gasteiger partial charge in [0.25, 0.3) is 0 Å². The zero-order valence-electron chi connectivity index (χ0n) is 9.53. The zero-order valence-corrected chi connectivity index (χ0v) is 10.3. The molecule has 0 saturated heterocycles. The van der Waals surface area contributed by atoms with Crippen LogP contribution in [0.4, 0.5) is 11.4 Å². The van der Waals surface area contributed by atoms with Crippen molar-refractivity contribution in [3.8, 4) is 0 Å². The first kappa shape index (κ1) is 11.3. The van der Waals surface area contributed by atoms with E-state index in [2.05, 4.69) is 6.07 Å². The molecule has 0 aromatic heterocycles. The molecule has 16 heavy (non-hydrogen) atoms. The fourth-order valence-corrected chi connectivity index (χ4v) is 2.09. The first-order chi connectivity index (χ1) is 7.63. The van der Waals surface area contributed by atoms with Crippen LogP contribution in [-0.2, 0) is 11.2 Å². The number of carbonyl (C=O) groups is 1. The molecule has 1 aliphatic rings. The number of nitrogens with zero attached hydrogens (tertiary/aromatic N) is 2. The standard InChI is InChI=1S/C12H15ClN2O/c1-14(8-13)10-4-5-11-9(7-10)3-6-12(16)15(11)2/h4-5,7H,3,6,8H2,1-2H3. The molecule has 2 rings (SSSR count). The van der Waals surface area contributed by atoms with E-state index >= 15 is 0 Å². The zero-order chi connectivity index (χ0) is 11.7. The van der Waals surface area contributed by atoms with Crippen LogP contribution >= 0.6 is 11.6 Å². The van der Waals surface area contributed by atoms with E-state index < -0.39 is 0 Å². The Morgan fingerprint density at radius 3 is 2.88 bits per heavy atom. The highest BCUT2D eigenvalue weighted by Crippen LogP contribution is 2.30. The van der Waals surface area contributed by atoms with Crippen LogP contribution in [-0.4, -0.2) is 26.0 Å². The average Bonchev–Trinajstić information content (AvgIpc) is 2.32. The van der Waals surface area contributed by atoms with Crippen LogP contribution in [0.2, 0.25) is 0 Å². The van der Waals surface area contributed by atoms with Gasteiger partial charge in [-0.2, -0.15) is 0 Å². The maximum absolute atomic E-state index is 11.5. The monoisotopic (exact) mass is 238 g/mol. The number of fused-ring (bicyclic) bond motifs is 1.